The van der Waals surface area contributed by atoms with Crippen molar-refractivity contribution in [3.05, 3.63) is 29.8 Å². The summed E-state index contributed by atoms with van der Waals surface area (Å²) < 4.78 is 4.25. The van der Waals surface area contributed by atoms with Gasteiger partial charge in [0.1, 0.15) is 0 Å². The number of ether oxygens (including phenoxy) is 1. The maximum absolute atomic E-state index is 11.2. The van der Waals surface area contributed by atoms with Gasteiger partial charge < -0.3 is 10.1 Å². The Balaban J connectivity index is 2.45. The Hall–Kier alpha value is -2.75. The lowest BCUT2D eigenvalue weighted by Gasteiger charge is -2.07. The normalized spacial score (nSPS) is 8.71. The molecule has 0 aliphatic carbocycles. The topological polar surface area (TPSA) is 103 Å². The molecule has 0 aromatic heterocycles. The summed E-state index contributed by atoms with van der Waals surface area (Å²) in [7, 11) is 1.18. The summed E-state index contributed by atoms with van der Waals surface area (Å²) in [5, 5.41) is 11.0. The molecule has 0 heterocycles. The first-order valence-electron chi connectivity index (χ1n) is 4.57. The second-order valence-corrected chi connectivity index (χ2v) is 2.88. The van der Waals surface area contributed by atoms with Crippen molar-refractivity contribution >= 4 is 17.8 Å². The van der Waals surface area contributed by atoms with E-state index in [1.165, 1.54) is 7.11 Å². The summed E-state index contributed by atoms with van der Waals surface area (Å²) in [5.41, 5.74) is 5.05. The van der Waals surface area contributed by atoms with E-state index in [9.17, 15) is 9.59 Å². The highest BCUT2D eigenvalue weighted by atomic mass is 16.5. The molecule has 88 valence electrons. The molecule has 0 radical (unpaired) electrons. The van der Waals surface area contributed by atoms with E-state index >= 15 is 0 Å². The van der Waals surface area contributed by atoms with Gasteiger partial charge >= 0.3 is 12.1 Å². The molecular weight excluding hydrogens is 224 g/mol. The predicted molar refractivity (Wildman–Crippen MR) is 58.9 cm³/mol. The first-order valence-corrected chi connectivity index (χ1v) is 4.57. The number of carbonyl (C=O) groups is 2. The number of anilines is 1. The van der Waals surface area contributed by atoms with E-state index < -0.39 is 12.1 Å². The van der Waals surface area contributed by atoms with Gasteiger partial charge in [-0.05, 0) is 24.3 Å². The zero-order chi connectivity index (χ0) is 12.7. The average Bonchev–Trinajstić information content (AvgIpc) is 2.36. The van der Waals surface area contributed by atoms with Crippen LogP contribution in [0.15, 0.2) is 24.3 Å². The molecule has 1 rings (SSSR count). The van der Waals surface area contributed by atoms with Crippen molar-refractivity contribution in [1.82, 2.24) is 10.9 Å². The Bertz CT molecular complexity index is 450. The van der Waals surface area contributed by atoms with Gasteiger partial charge in [-0.2, -0.15) is 5.26 Å². The first kappa shape index (κ1) is 12.3. The maximum Gasteiger partial charge on any atom is 0.425 e. The highest BCUT2D eigenvalue weighted by molar-refractivity contribution is 5.90. The van der Waals surface area contributed by atoms with Gasteiger partial charge in [-0.25, -0.2) is 20.4 Å². The van der Waals surface area contributed by atoms with Gasteiger partial charge in [0.05, 0.1) is 18.7 Å². The molecule has 7 nitrogen and oxygen atoms in total. The van der Waals surface area contributed by atoms with Gasteiger partial charge in [0.25, 0.3) is 0 Å². The van der Waals surface area contributed by atoms with Crippen molar-refractivity contribution in [2.24, 2.45) is 0 Å². The molecule has 0 saturated carbocycles. The second kappa shape index (κ2) is 5.97. The Morgan fingerprint density at radius 3 is 2.41 bits per heavy atom. The fourth-order valence-electron chi connectivity index (χ4n) is 0.949. The van der Waals surface area contributed by atoms with Gasteiger partial charge in [0.2, 0.25) is 0 Å². The number of benzene rings is 1. The number of nitrogens with one attached hydrogen (secondary N) is 3. The van der Waals surface area contributed by atoms with Gasteiger partial charge in [0, 0.05) is 5.69 Å². The monoisotopic (exact) mass is 234 g/mol. The van der Waals surface area contributed by atoms with Crippen LogP contribution >= 0.6 is 0 Å². The smallest absolute Gasteiger partial charge is 0.425 e. The van der Waals surface area contributed by atoms with Crippen LogP contribution in [0.5, 0.6) is 0 Å². The summed E-state index contributed by atoms with van der Waals surface area (Å²) in [4.78, 5) is 21.9. The van der Waals surface area contributed by atoms with Crippen molar-refractivity contribution in [2.45, 2.75) is 0 Å². The molecule has 1 aromatic carbocycles. The molecule has 3 amide bonds. The highest BCUT2D eigenvalue weighted by Crippen LogP contribution is 2.07. The minimum atomic E-state index is -0.778. The van der Waals surface area contributed by atoms with Crippen LogP contribution in [0, 0.1) is 11.3 Å². The predicted octanol–water partition coefficient (Wildman–Crippen LogP) is 0.951. The van der Waals surface area contributed by atoms with Crippen LogP contribution in [-0.2, 0) is 4.74 Å². The van der Waals surface area contributed by atoms with Crippen molar-refractivity contribution in [3.8, 4) is 6.07 Å². The van der Waals surface area contributed by atoms with Crippen LogP contribution in [-0.4, -0.2) is 19.2 Å². The van der Waals surface area contributed by atoms with E-state index in [0.717, 1.165) is 0 Å². The van der Waals surface area contributed by atoms with Gasteiger partial charge in [0.15, 0.2) is 0 Å². The number of urea groups is 1. The molecule has 0 saturated heterocycles. The maximum atomic E-state index is 11.2. The number of carbonyl (C=O) groups excluding carboxylic acids is 2. The van der Waals surface area contributed by atoms with Gasteiger partial charge in [-0.3, -0.25) is 0 Å². The first-order chi connectivity index (χ1) is 8.15. The van der Waals surface area contributed by atoms with Crippen LogP contribution in [0.1, 0.15) is 5.56 Å². The summed E-state index contributed by atoms with van der Waals surface area (Å²) in [6.07, 6.45) is -0.778. The SMILES string of the molecule is COC(=O)NNC(=O)Nc1ccc(C#N)cc1. The van der Waals surface area contributed by atoms with Crippen molar-refractivity contribution in [2.75, 3.05) is 12.4 Å². The van der Waals surface area contributed by atoms with Crippen molar-refractivity contribution in [3.63, 3.8) is 0 Å². The summed E-state index contributed by atoms with van der Waals surface area (Å²) in [6, 6.07) is 7.58. The quantitative estimate of drug-likeness (QED) is 0.629. The molecule has 3 N–H and O–H groups in total. The van der Waals surface area contributed by atoms with E-state index in [1.807, 2.05) is 11.5 Å². The van der Waals surface area contributed by atoms with Crippen LogP contribution in [0.2, 0.25) is 0 Å². The molecule has 17 heavy (non-hydrogen) atoms. The minimum absolute atomic E-state index is 0.489. The zero-order valence-electron chi connectivity index (χ0n) is 8.98. The zero-order valence-corrected chi connectivity index (χ0v) is 8.98. The van der Waals surface area contributed by atoms with Crippen LogP contribution in [0.3, 0.4) is 0 Å². The molecule has 0 bridgehead atoms. The molecule has 0 aliphatic rings. The average molecular weight is 234 g/mol. The molecule has 0 unspecified atom stereocenters. The molecule has 0 aliphatic heterocycles. The number of hydrazine groups is 1. The summed E-state index contributed by atoms with van der Waals surface area (Å²) in [6.45, 7) is 0. The largest absolute Gasteiger partial charge is 0.452 e. The van der Waals surface area contributed by atoms with E-state index in [0.29, 0.717) is 11.3 Å². The standard InChI is InChI=1S/C10H10N4O3/c1-17-10(16)14-13-9(15)12-8-4-2-7(6-11)3-5-8/h2-5H,1H3,(H,14,16)(H2,12,13,15). The van der Waals surface area contributed by atoms with Gasteiger partial charge in [-0.15, -0.1) is 0 Å². The van der Waals surface area contributed by atoms with Crippen LogP contribution in [0.4, 0.5) is 15.3 Å². The number of amides is 3. The third kappa shape index (κ3) is 4.09. The van der Waals surface area contributed by atoms with Crippen LogP contribution < -0.4 is 16.2 Å². The number of hydrogen-bond acceptors (Lipinski definition) is 4. The molecule has 1 aromatic rings. The van der Waals surface area contributed by atoms with E-state index in [4.69, 9.17) is 5.26 Å². The van der Waals surface area contributed by atoms with E-state index in [1.54, 1.807) is 24.3 Å². The summed E-state index contributed by atoms with van der Waals surface area (Å²) >= 11 is 0. The number of hydrogen-bond donors (Lipinski definition) is 3. The molecular formula is C10H10N4O3. The Morgan fingerprint density at radius 1 is 1.24 bits per heavy atom. The number of rotatable bonds is 1. The lowest BCUT2D eigenvalue weighted by atomic mass is 10.2. The second-order valence-electron chi connectivity index (χ2n) is 2.88. The molecule has 7 heteroatoms. The van der Waals surface area contributed by atoms with E-state index in [2.05, 4.69) is 15.5 Å². The molecule has 0 spiro atoms. The molecule has 0 atom stereocenters. The third-order valence-electron chi connectivity index (χ3n) is 1.74. The summed E-state index contributed by atoms with van der Waals surface area (Å²) in [5.74, 6) is 0. The van der Waals surface area contributed by atoms with Crippen molar-refractivity contribution < 1.29 is 14.3 Å². The lowest BCUT2D eigenvalue weighted by Crippen LogP contribution is -2.43. The highest BCUT2D eigenvalue weighted by Gasteiger charge is 2.03. The fraction of sp³-hybridized carbons (Fsp3) is 0.100. The Morgan fingerprint density at radius 2 is 1.88 bits per heavy atom. The lowest BCUT2D eigenvalue weighted by molar-refractivity contribution is 0.166. The van der Waals surface area contributed by atoms with Gasteiger partial charge in [-0.1, -0.05) is 0 Å². The van der Waals surface area contributed by atoms with Crippen molar-refractivity contribution in [1.29, 1.82) is 5.26 Å². The fourth-order valence-corrected chi connectivity index (χ4v) is 0.949. The minimum Gasteiger partial charge on any atom is -0.452 e. The number of nitrogens with zero attached hydrogens (tertiary/aromatic N) is 1. The molecule has 0 fully saturated rings. The Labute approximate surface area is 97.3 Å². The number of nitriles is 1. The Kier molecular flexibility index (Phi) is 4.33. The third-order valence-corrected chi connectivity index (χ3v) is 1.74. The van der Waals surface area contributed by atoms with E-state index in [-0.39, 0.29) is 0 Å². The number of methoxy groups -OCH3 is 1. The van der Waals surface area contributed by atoms with Crippen LogP contribution in [0.25, 0.3) is 0 Å².